The van der Waals surface area contributed by atoms with E-state index in [1.165, 1.54) is 4.68 Å². The zero-order chi connectivity index (χ0) is 22.9. The number of benzene rings is 1. The minimum atomic E-state index is 0.253. The van der Waals surface area contributed by atoms with Crippen LogP contribution >= 0.6 is 0 Å². The molecule has 10 nitrogen and oxygen atoms in total. The SMILES string of the molecule is Cc1ccc(Nc2ccc3c(c2)ncn3-c2ccc(C=O)c(-n3nc(C#N)cc3C)n2)nn1. The van der Waals surface area contributed by atoms with Gasteiger partial charge < -0.3 is 5.32 Å². The predicted molar refractivity (Wildman–Crippen MR) is 121 cm³/mol. The third-order valence-corrected chi connectivity index (χ3v) is 5.08. The zero-order valence-corrected chi connectivity index (χ0v) is 17.8. The number of carbonyl (C=O) groups is 1. The molecule has 5 aromatic rings. The summed E-state index contributed by atoms with van der Waals surface area (Å²) in [5.74, 6) is 1.55. The Morgan fingerprint density at radius 3 is 2.67 bits per heavy atom. The highest BCUT2D eigenvalue weighted by molar-refractivity contribution is 5.83. The van der Waals surface area contributed by atoms with Gasteiger partial charge in [0.25, 0.3) is 0 Å². The number of fused-ring (bicyclic) bond motifs is 1. The molecule has 0 aliphatic carbocycles. The smallest absolute Gasteiger partial charge is 0.166 e. The molecule has 0 aliphatic heterocycles. The minimum Gasteiger partial charge on any atom is -0.339 e. The highest BCUT2D eigenvalue weighted by atomic mass is 16.1. The van der Waals surface area contributed by atoms with Crippen LogP contribution in [0.15, 0.2) is 54.9 Å². The molecular formula is C23H17N9O. The van der Waals surface area contributed by atoms with E-state index in [0.29, 0.717) is 28.7 Å². The van der Waals surface area contributed by atoms with Gasteiger partial charge in [-0.25, -0.2) is 14.6 Å². The van der Waals surface area contributed by atoms with E-state index in [1.54, 1.807) is 31.5 Å². The van der Waals surface area contributed by atoms with Crippen LogP contribution in [-0.4, -0.2) is 40.8 Å². The first-order chi connectivity index (χ1) is 16.1. The number of hydrogen-bond donors (Lipinski definition) is 1. The van der Waals surface area contributed by atoms with Crippen LogP contribution in [0.5, 0.6) is 0 Å². The van der Waals surface area contributed by atoms with Gasteiger partial charge in [0.05, 0.1) is 22.3 Å². The lowest BCUT2D eigenvalue weighted by Gasteiger charge is -2.10. The maximum absolute atomic E-state index is 11.6. The molecule has 5 rings (SSSR count). The normalized spacial score (nSPS) is 10.8. The number of hydrogen-bond acceptors (Lipinski definition) is 8. The Kier molecular flexibility index (Phi) is 4.84. The van der Waals surface area contributed by atoms with E-state index >= 15 is 0 Å². The van der Waals surface area contributed by atoms with Gasteiger partial charge in [-0.3, -0.25) is 9.36 Å². The van der Waals surface area contributed by atoms with E-state index in [2.05, 4.69) is 30.6 Å². The average Bonchev–Trinajstić information content (AvgIpc) is 3.43. The number of pyridine rings is 1. The molecule has 160 valence electrons. The summed E-state index contributed by atoms with van der Waals surface area (Å²) in [4.78, 5) is 20.8. The summed E-state index contributed by atoms with van der Waals surface area (Å²) in [6.07, 6.45) is 2.39. The Balaban J connectivity index is 1.54. The van der Waals surface area contributed by atoms with E-state index in [4.69, 9.17) is 5.26 Å². The summed E-state index contributed by atoms with van der Waals surface area (Å²) in [7, 11) is 0. The molecule has 0 spiro atoms. The van der Waals surface area contributed by atoms with Gasteiger partial charge in [-0.05, 0) is 62.4 Å². The number of anilines is 2. The third-order valence-electron chi connectivity index (χ3n) is 5.08. The van der Waals surface area contributed by atoms with Crippen LogP contribution in [0, 0.1) is 25.2 Å². The van der Waals surface area contributed by atoms with Crippen LogP contribution in [-0.2, 0) is 0 Å². The van der Waals surface area contributed by atoms with Crippen molar-refractivity contribution in [3.8, 4) is 17.7 Å². The van der Waals surface area contributed by atoms with Crippen molar-refractivity contribution in [2.45, 2.75) is 13.8 Å². The van der Waals surface area contributed by atoms with Crippen LogP contribution in [0.25, 0.3) is 22.7 Å². The quantitative estimate of drug-likeness (QED) is 0.416. The summed E-state index contributed by atoms with van der Waals surface area (Å²) >= 11 is 0. The molecule has 0 amide bonds. The van der Waals surface area contributed by atoms with Gasteiger partial charge in [0, 0.05) is 11.4 Å². The summed E-state index contributed by atoms with van der Waals surface area (Å²) < 4.78 is 3.32. The lowest BCUT2D eigenvalue weighted by atomic mass is 10.2. The van der Waals surface area contributed by atoms with Crippen molar-refractivity contribution in [2.24, 2.45) is 0 Å². The van der Waals surface area contributed by atoms with Gasteiger partial charge >= 0.3 is 0 Å². The fourth-order valence-corrected chi connectivity index (χ4v) is 3.47. The first kappa shape index (κ1) is 20.0. The second-order valence-corrected chi connectivity index (χ2v) is 7.40. The summed E-state index contributed by atoms with van der Waals surface area (Å²) in [6, 6.07) is 16.6. The molecule has 1 N–H and O–H groups in total. The highest BCUT2D eigenvalue weighted by Gasteiger charge is 2.15. The maximum atomic E-state index is 11.6. The van der Waals surface area contributed by atoms with Gasteiger partial charge in [0.2, 0.25) is 0 Å². The summed E-state index contributed by atoms with van der Waals surface area (Å²) in [6.45, 7) is 3.68. The van der Waals surface area contributed by atoms with Crippen LogP contribution in [0.2, 0.25) is 0 Å². The number of aryl methyl sites for hydroxylation is 2. The Bertz CT molecular complexity index is 1540. The van der Waals surface area contributed by atoms with E-state index < -0.39 is 0 Å². The molecule has 0 saturated heterocycles. The van der Waals surface area contributed by atoms with Gasteiger partial charge in [0.15, 0.2) is 23.6 Å². The number of rotatable bonds is 5. The maximum Gasteiger partial charge on any atom is 0.166 e. The summed E-state index contributed by atoms with van der Waals surface area (Å²) in [5.41, 5.74) is 4.58. The van der Waals surface area contributed by atoms with Crippen LogP contribution < -0.4 is 5.32 Å². The predicted octanol–water partition coefficient (Wildman–Crippen LogP) is 3.44. The third kappa shape index (κ3) is 3.68. The van der Waals surface area contributed by atoms with Crippen LogP contribution in [0.1, 0.15) is 27.4 Å². The zero-order valence-electron chi connectivity index (χ0n) is 17.8. The van der Waals surface area contributed by atoms with Crippen molar-refractivity contribution in [1.29, 1.82) is 5.26 Å². The van der Waals surface area contributed by atoms with Gasteiger partial charge in [-0.2, -0.15) is 15.5 Å². The molecule has 33 heavy (non-hydrogen) atoms. The lowest BCUT2D eigenvalue weighted by molar-refractivity contribution is 0.112. The van der Waals surface area contributed by atoms with Crippen molar-refractivity contribution < 1.29 is 4.79 Å². The molecule has 0 radical (unpaired) electrons. The van der Waals surface area contributed by atoms with Crippen molar-refractivity contribution in [1.82, 2.24) is 34.5 Å². The van der Waals surface area contributed by atoms with Crippen molar-refractivity contribution >= 4 is 28.8 Å². The second kappa shape index (κ2) is 7.97. The van der Waals surface area contributed by atoms with E-state index in [1.807, 2.05) is 47.9 Å². The standard InChI is InChI=1S/C23H17N9O/c1-14-3-7-21(29-28-14)26-17-5-6-20-19(10-17)25-13-31(20)22-8-4-16(12-33)23(27-22)32-15(2)9-18(11-24)30-32/h3-10,12-13H,1-2H3,(H,26,29). The van der Waals surface area contributed by atoms with Crippen molar-refractivity contribution in [3.63, 3.8) is 0 Å². The largest absolute Gasteiger partial charge is 0.339 e. The Hall–Kier alpha value is -4.91. The Morgan fingerprint density at radius 1 is 1.06 bits per heavy atom. The van der Waals surface area contributed by atoms with Crippen LogP contribution in [0.4, 0.5) is 11.5 Å². The summed E-state index contributed by atoms with van der Waals surface area (Å²) in [5, 5.41) is 24.8. The molecule has 0 unspecified atom stereocenters. The number of nitrogens with one attached hydrogen (secondary N) is 1. The first-order valence-electron chi connectivity index (χ1n) is 10.0. The monoisotopic (exact) mass is 435 g/mol. The van der Waals surface area contributed by atoms with Gasteiger partial charge in [0.1, 0.15) is 18.2 Å². The fraction of sp³-hybridized carbons (Fsp3) is 0.0870. The molecule has 0 aliphatic rings. The number of imidazole rings is 1. The fourth-order valence-electron chi connectivity index (χ4n) is 3.47. The number of nitrogens with zero attached hydrogens (tertiary/aromatic N) is 8. The average molecular weight is 435 g/mol. The number of aldehydes is 1. The molecule has 0 bridgehead atoms. The first-order valence-corrected chi connectivity index (χ1v) is 10.0. The van der Waals surface area contributed by atoms with E-state index in [-0.39, 0.29) is 5.69 Å². The van der Waals surface area contributed by atoms with Crippen LogP contribution in [0.3, 0.4) is 0 Å². The Morgan fingerprint density at radius 2 is 1.94 bits per heavy atom. The van der Waals surface area contributed by atoms with Gasteiger partial charge in [-0.1, -0.05) is 0 Å². The minimum absolute atomic E-state index is 0.253. The molecule has 10 heteroatoms. The number of aromatic nitrogens is 7. The molecule has 4 heterocycles. The molecule has 4 aromatic heterocycles. The molecular weight excluding hydrogens is 418 g/mol. The second-order valence-electron chi connectivity index (χ2n) is 7.40. The number of carbonyl (C=O) groups excluding carboxylic acids is 1. The van der Waals surface area contributed by atoms with E-state index in [9.17, 15) is 4.79 Å². The molecule has 1 aromatic carbocycles. The topological polar surface area (TPSA) is 127 Å². The Labute approximate surface area is 188 Å². The van der Waals surface area contributed by atoms with Gasteiger partial charge in [-0.15, -0.1) is 5.10 Å². The molecule has 0 atom stereocenters. The molecule has 0 fully saturated rings. The number of nitriles is 1. The lowest BCUT2D eigenvalue weighted by Crippen LogP contribution is -2.09. The van der Waals surface area contributed by atoms with Crippen molar-refractivity contribution in [2.75, 3.05) is 5.32 Å². The van der Waals surface area contributed by atoms with Crippen molar-refractivity contribution in [3.05, 3.63) is 77.5 Å². The van der Waals surface area contributed by atoms with E-state index in [0.717, 1.165) is 28.7 Å². The highest BCUT2D eigenvalue weighted by Crippen LogP contribution is 2.24. The molecule has 0 saturated carbocycles.